The first-order valence-corrected chi connectivity index (χ1v) is 7.71. The molecule has 0 atom stereocenters. The molecule has 0 aliphatic heterocycles. The van der Waals surface area contributed by atoms with E-state index in [1.54, 1.807) is 0 Å². The number of hydrogen-bond donors (Lipinski definition) is 0. The first-order chi connectivity index (χ1) is 9.33. The van der Waals surface area contributed by atoms with Crippen molar-refractivity contribution in [1.82, 2.24) is 4.90 Å². The Morgan fingerprint density at radius 1 is 1.33 bits per heavy atom. The number of benzene rings is 1. The number of halogens is 5. The van der Waals surface area contributed by atoms with Gasteiger partial charge in [-0.15, -0.1) is 0 Å². The van der Waals surface area contributed by atoms with Crippen molar-refractivity contribution in [3.8, 4) is 0 Å². The van der Waals surface area contributed by atoms with E-state index in [1.165, 1.54) is 6.92 Å². The highest BCUT2D eigenvalue weighted by molar-refractivity contribution is 8.13. The van der Waals surface area contributed by atoms with Gasteiger partial charge in [-0.2, -0.15) is 13.2 Å². The summed E-state index contributed by atoms with van der Waals surface area (Å²) >= 11 is 0. The Bertz CT molecular complexity index is 673. The van der Waals surface area contributed by atoms with E-state index in [1.807, 2.05) is 0 Å². The van der Waals surface area contributed by atoms with Crippen LogP contribution in [-0.2, 0) is 9.05 Å². The predicted octanol–water partition coefficient (Wildman–Crippen LogP) is 2.70. The molecule has 0 aliphatic carbocycles. The summed E-state index contributed by atoms with van der Waals surface area (Å²) in [6.45, 7) is -0.353. The zero-order chi connectivity index (χ0) is 16.6. The minimum Gasteiger partial charge on any atom is -0.333 e. The lowest BCUT2D eigenvalue weighted by Crippen LogP contribution is -2.36. The zero-order valence-corrected chi connectivity index (χ0v) is 12.4. The van der Waals surface area contributed by atoms with Crippen LogP contribution in [0.25, 0.3) is 0 Å². The van der Waals surface area contributed by atoms with Crippen LogP contribution in [0.3, 0.4) is 0 Å². The summed E-state index contributed by atoms with van der Waals surface area (Å²) in [5.74, 6) is -2.43. The SMILES string of the molecule is Cc1cc(F)c(C(=O)N(C)CC(F)(F)F)cc1S(=O)(=O)Cl. The summed E-state index contributed by atoms with van der Waals surface area (Å²) in [6, 6.07) is 1.35. The average molecular weight is 348 g/mol. The van der Waals surface area contributed by atoms with Gasteiger partial charge in [0.2, 0.25) is 0 Å². The van der Waals surface area contributed by atoms with E-state index < -0.39 is 44.0 Å². The lowest BCUT2D eigenvalue weighted by atomic mass is 10.1. The van der Waals surface area contributed by atoms with Crippen LogP contribution < -0.4 is 0 Å². The molecule has 0 spiro atoms. The zero-order valence-electron chi connectivity index (χ0n) is 10.8. The molecule has 0 saturated carbocycles. The predicted molar refractivity (Wildman–Crippen MR) is 67.2 cm³/mol. The molecule has 118 valence electrons. The molecule has 0 fully saturated rings. The monoisotopic (exact) mass is 347 g/mol. The van der Waals surface area contributed by atoms with Crippen LogP contribution in [0.15, 0.2) is 17.0 Å². The van der Waals surface area contributed by atoms with Gasteiger partial charge in [0.25, 0.3) is 15.0 Å². The molecule has 0 N–H and O–H groups in total. The second-order valence-electron chi connectivity index (χ2n) is 4.31. The van der Waals surface area contributed by atoms with Crippen molar-refractivity contribution < 1.29 is 30.8 Å². The number of nitrogens with zero attached hydrogens (tertiary/aromatic N) is 1. The van der Waals surface area contributed by atoms with E-state index in [9.17, 15) is 30.8 Å². The summed E-state index contributed by atoms with van der Waals surface area (Å²) in [6.07, 6.45) is -4.66. The van der Waals surface area contributed by atoms with Gasteiger partial charge in [-0.3, -0.25) is 4.79 Å². The third-order valence-corrected chi connectivity index (χ3v) is 3.98. The van der Waals surface area contributed by atoms with Crippen molar-refractivity contribution >= 4 is 25.6 Å². The van der Waals surface area contributed by atoms with Crippen LogP contribution in [-0.4, -0.2) is 39.0 Å². The summed E-state index contributed by atoms with van der Waals surface area (Å²) in [5, 5.41) is 0. The van der Waals surface area contributed by atoms with Gasteiger partial charge < -0.3 is 4.90 Å². The van der Waals surface area contributed by atoms with Crippen LogP contribution in [0.1, 0.15) is 15.9 Å². The molecule has 0 bridgehead atoms. The van der Waals surface area contributed by atoms with Gasteiger partial charge in [0.05, 0.1) is 10.5 Å². The first-order valence-electron chi connectivity index (χ1n) is 5.40. The molecule has 0 radical (unpaired) electrons. The van der Waals surface area contributed by atoms with Crippen LogP contribution in [0.2, 0.25) is 0 Å². The Balaban J connectivity index is 3.28. The van der Waals surface area contributed by atoms with Gasteiger partial charge >= 0.3 is 6.18 Å². The number of carbonyl (C=O) groups excluding carboxylic acids is 1. The molecule has 0 aliphatic rings. The lowest BCUT2D eigenvalue weighted by Gasteiger charge is -2.19. The fourth-order valence-electron chi connectivity index (χ4n) is 1.63. The maximum absolute atomic E-state index is 13.7. The lowest BCUT2D eigenvalue weighted by molar-refractivity contribution is -0.138. The van der Waals surface area contributed by atoms with Crippen LogP contribution in [0.4, 0.5) is 17.6 Å². The molecule has 0 unspecified atom stereocenters. The standard InChI is InChI=1S/C11H10ClF4NO3S/c1-6-3-8(13)7(4-9(6)21(12,19)20)10(18)17(2)5-11(14,15)16/h3-4H,5H2,1-2H3. The molecule has 1 aromatic carbocycles. The molecule has 21 heavy (non-hydrogen) atoms. The topological polar surface area (TPSA) is 54.5 Å². The molecule has 1 rings (SSSR count). The van der Waals surface area contributed by atoms with Gasteiger partial charge in [0, 0.05) is 17.7 Å². The quantitative estimate of drug-likeness (QED) is 0.624. The largest absolute Gasteiger partial charge is 0.406 e. The number of aryl methyl sites for hydroxylation is 1. The van der Waals surface area contributed by atoms with E-state index in [-0.39, 0.29) is 10.5 Å². The number of amides is 1. The van der Waals surface area contributed by atoms with E-state index in [2.05, 4.69) is 0 Å². The molecule has 0 heterocycles. The second-order valence-corrected chi connectivity index (χ2v) is 6.85. The normalized spacial score (nSPS) is 12.3. The van der Waals surface area contributed by atoms with Gasteiger partial charge in [-0.25, -0.2) is 12.8 Å². The highest BCUT2D eigenvalue weighted by Gasteiger charge is 2.32. The van der Waals surface area contributed by atoms with E-state index >= 15 is 0 Å². The van der Waals surface area contributed by atoms with Crippen molar-refractivity contribution in [3.63, 3.8) is 0 Å². The molecule has 0 aromatic heterocycles. The molecule has 4 nitrogen and oxygen atoms in total. The molecule has 10 heteroatoms. The minimum absolute atomic E-state index is 0.0578. The first kappa shape index (κ1) is 17.7. The molecule has 0 saturated heterocycles. The van der Waals surface area contributed by atoms with E-state index in [0.29, 0.717) is 6.07 Å². The van der Waals surface area contributed by atoms with E-state index in [0.717, 1.165) is 13.1 Å². The van der Waals surface area contributed by atoms with Crippen molar-refractivity contribution in [1.29, 1.82) is 0 Å². The molecular formula is C11H10ClF4NO3S. The van der Waals surface area contributed by atoms with Gasteiger partial charge in [-0.05, 0) is 24.6 Å². The van der Waals surface area contributed by atoms with Crippen molar-refractivity contribution in [3.05, 3.63) is 29.1 Å². The summed E-state index contributed by atoms with van der Waals surface area (Å²) in [4.78, 5) is 11.5. The third-order valence-electron chi connectivity index (χ3n) is 2.52. The number of carbonyl (C=O) groups is 1. The fraction of sp³-hybridized carbons (Fsp3) is 0.364. The Kier molecular flexibility index (Phi) is 4.89. The van der Waals surface area contributed by atoms with Crippen molar-refractivity contribution in [2.45, 2.75) is 18.0 Å². The highest BCUT2D eigenvalue weighted by Crippen LogP contribution is 2.25. The molecule has 1 aromatic rings. The van der Waals surface area contributed by atoms with Gasteiger partial charge in [0.15, 0.2) is 0 Å². The second kappa shape index (κ2) is 5.80. The highest BCUT2D eigenvalue weighted by atomic mass is 35.7. The van der Waals surface area contributed by atoms with Crippen LogP contribution >= 0.6 is 10.7 Å². The number of alkyl halides is 3. The fourth-order valence-corrected chi connectivity index (χ4v) is 2.83. The summed E-state index contributed by atoms with van der Waals surface area (Å²) in [5.41, 5.74) is -0.857. The Hall–Kier alpha value is -1.35. The van der Waals surface area contributed by atoms with Gasteiger partial charge in [-0.1, -0.05) is 0 Å². The third kappa shape index (κ3) is 4.57. The smallest absolute Gasteiger partial charge is 0.333 e. The number of rotatable bonds is 3. The van der Waals surface area contributed by atoms with Crippen LogP contribution in [0.5, 0.6) is 0 Å². The maximum Gasteiger partial charge on any atom is 0.406 e. The molecular weight excluding hydrogens is 338 g/mol. The summed E-state index contributed by atoms with van der Waals surface area (Å²) in [7, 11) is 1.69. The Morgan fingerprint density at radius 2 is 1.86 bits per heavy atom. The van der Waals surface area contributed by atoms with Crippen LogP contribution in [0, 0.1) is 12.7 Å². The maximum atomic E-state index is 13.7. The van der Waals surface area contributed by atoms with Crippen molar-refractivity contribution in [2.24, 2.45) is 0 Å². The van der Waals surface area contributed by atoms with E-state index in [4.69, 9.17) is 10.7 Å². The summed E-state index contributed by atoms with van der Waals surface area (Å²) < 4.78 is 72.9. The average Bonchev–Trinajstić information content (AvgIpc) is 2.23. The Labute approximate surface area is 122 Å². The van der Waals surface area contributed by atoms with Crippen molar-refractivity contribution in [2.75, 3.05) is 13.6 Å². The number of hydrogen-bond acceptors (Lipinski definition) is 3. The Morgan fingerprint density at radius 3 is 2.29 bits per heavy atom. The minimum atomic E-state index is -4.66. The van der Waals surface area contributed by atoms with Gasteiger partial charge in [0.1, 0.15) is 12.4 Å². The molecule has 1 amide bonds.